The van der Waals surface area contributed by atoms with Crippen molar-refractivity contribution in [3.8, 4) is 0 Å². The third-order valence-electron chi connectivity index (χ3n) is 7.46. The average Bonchev–Trinajstić information content (AvgIpc) is 3.09. The van der Waals surface area contributed by atoms with Crippen LogP contribution in [0.5, 0.6) is 0 Å². The molecule has 0 bridgehead atoms. The van der Waals surface area contributed by atoms with E-state index in [0.29, 0.717) is 11.4 Å². The zero-order valence-electron chi connectivity index (χ0n) is 25.6. The van der Waals surface area contributed by atoms with Gasteiger partial charge in [-0.05, 0) is 50.5 Å². The zero-order chi connectivity index (χ0) is 35.0. The lowest BCUT2D eigenvalue weighted by atomic mass is 9.98. The fourth-order valence-electron chi connectivity index (χ4n) is 4.73. The number of hydrogen-bond acceptors (Lipinski definition) is 12. The first kappa shape index (κ1) is 34.7. The van der Waals surface area contributed by atoms with Crippen LogP contribution in [-0.4, -0.2) is 90.4 Å². The molecule has 4 atom stereocenters. The van der Waals surface area contributed by atoms with E-state index in [1.165, 1.54) is 25.3 Å². The second-order valence-corrected chi connectivity index (χ2v) is 11.0. The number of fused-ring (bicyclic) bond motifs is 1. The quantitative estimate of drug-likeness (QED) is 0.106. The Balaban J connectivity index is 1.26. The van der Waals surface area contributed by atoms with Gasteiger partial charge in [0.2, 0.25) is 23.7 Å². The maximum atomic E-state index is 12.8. The van der Waals surface area contributed by atoms with Crippen molar-refractivity contribution in [3.05, 3.63) is 52.1 Å². The normalized spacial score (nSPS) is 18.6. The van der Waals surface area contributed by atoms with E-state index in [1.807, 2.05) is 0 Å². The van der Waals surface area contributed by atoms with Crippen molar-refractivity contribution < 1.29 is 39.0 Å². The molecular formula is C29H34N10O9. The number of rotatable bonds is 12. The highest BCUT2D eigenvalue weighted by Crippen LogP contribution is 2.14. The molecule has 1 saturated heterocycles. The monoisotopic (exact) mass is 666 g/mol. The Kier molecular flexibility index (Phi) is 11.2. The number of carbonyl (C=O) groups is 6. The Bertz CT molecular complexity index is 1780. The summed E-state index contributed by atoms with van der Waals surface area (Å²) >= 11 is 0. The summed E-state index contributed by atoms with van der Waals surface area (Å²) in [6, 6.07) is 2.52. The Morgan fingerprint density at radius 2 is 1.75 bits per heavy atom. The lowest BCUT2D eigenvalue weighted by Gasteiger charge is -2.18. The minimum absolute atomic E-state index is 0.0283. The maximum Gasteiger partial charge on any atom is 0.326 e. The van der Waals surface area contributed by atoms with Gasteiger partial charge in [0.05, 0.1) is 24.4 Å². The van der Waals surface area contributed by atoms with Gasteiger partial charge in [-0.1, -0.05) is 0 Å². The van der Waals surface area contributed by atoms with Crippen LogP contribution in [0.15, 0.2) is 35.3 Å². The van der Waals surface area contributed by atoms with Gasteiger partial charge in [0.1, 0.15) is 18.1 Å². The molecule has 3 heterocycles. The van der Waals surface area contributed by atoms with E-state index in [-0.39, 0.29) is 61.4 Å². The van der Waals surface area contributed by atoms with Crippen LogP contribution in [0.2, 0.25) is 0 Å². The Hall–Kier alpha value is -6.14. The van der Waals surface area contributed by atoms with Crippen molar-refractivity contribution in [2.45, 2.75) is 57.3 Å². The highest BCUT2D eigenvalue weighted by molar-refractivity contribution is 5.97. The van der Waals surface area contributed by atoms with Crippen LogP contribution < -0.4 is 37.9 Å². The number of aromatic amines is 1. The number of carbonyl (C=O) groups excluding carboxylic acids is 4. The van der Waals surface area contributed by atoms with Crippen LogP contribution in [0, 0.1) is 5.92 Å². The van der Waals surface area contributed by atoms with Crippen molar-refractivity contribution >= 4 is 58.4 Å². The number of benzene rings is 1. The number of carboxylic acids is 2. The van der Waals surface area contributed by atoms with E-state index < -0.39 is 65.2 Å². The predicted octanol–water partition coefficient (Wildman–Crippen LogP) is -1.53. The average molecular weight is 667 g/mol. The Labute approximate surface area is 271 Å². The summed E-state index contributed by atoms with van der Waals surface area (Å²) in [5.74, 6) is -5.97. The molecule has 0 aliphatic carbocycles. The van der Waals surface area contributed by atoms with Gasteiger partial charge in [-0.3, -0.25) is 29.0 Å². The summed E-state index contributed by atoms with van der Waals surface area (Å²) in [5, 5.41) is 31.8. The van der Waals surface area contributed by atoms with E-state index >= 15 is 0 Å². The van der Waals surface area contributed by atoms with E-state index in [0.717, 1.165) is 0 Å². The highest BCUT2D eigenvalue weighted by Gasteiger charge is 2.31. The smallest absolute Gasteiger partial charge is 0.326 e. The molecule has 48 heavy (non-hydrogen) atoms. The number of nitrogens with one attached hydrogen (secondary N) is 6. The number of aliphatic carboxylic acids is 2. The van der Waals surface area contributed by atoms with Crippen LogP contribution in [-0.2, 0) is 30.5 Å². The van der Waals surface area contributed by atoms with Crippen molar-refractivity contribution in [1.82, 2.24) is 41.2 Å². The lowest BCUT2D eigenvalue weighted by molar-refractivity contribution is -0.142. The molecule has 4 amide bonds. The molecule has 19 heteroatoms. The molecular weight excluding hydrogens is 632 g/mol. The third kappa shape index (κ3) is 9.21. The lowest BCUT2D eigenvalue weighted by Crippen LogP contribution is -2.50. The van der Waals surface area contributed by atoms with E-state index in [9.17, 15) is 43.8 Å². The van der Waals surface area contributed by atoms with E-state index in [4.69, 9.17) is 5.73 Å². The Morgan fingerprint density at radius 3 is 2.44 bits per heavy atom. The third-order valence-corrected chi connectivity index (χ3v) is 7.46. The van der Waals surface area contributed by atoms with E-state index in [2.05, 4.69) is 46.5 Å². The number of nitrogens with two attached hydrogens (primary N) is 1. The topological polar surface area (TPSA) is 301 Å². The van der Waals surface area contributed by atoms with Crippen molar-refractivity contribution in [1.29, 1.82) is 0 Å². The number of nitrogen functional groups attached to an aromatic ring is 1. The number of amides is 4. The molecule has 19 nitrogen and oxygen atoms in total. The minimum Gasteiger partial charge on any atom is -0.480 e. The first-order chi connectivity index (χ1) is 22.8. The molecule has 0 spiro atoms. The summed E-state index contributed by atoms with van der Waals surface area (Å²) in [5.41, 5.74) is 6.31. The van der Waals surface area contributed by atoms with E-state index in [1.54, 1.807) is 12.1 Å². The minimum atomic E-state index is -1.40. The molecule has 2 aromatic heterocycles. The van der Waals surface area contributed by atoms with Gasteiger partial charge in [0.25, 0.3) is 11.5 Å². The molecule has 0 radical (unpaired) electrons. The maximum absolute atomic E-state index is 12.8. The first-order valence-electron chi connectivity index (χ1n) is 14.8. The SMILES string of the molecule is CC1NC(=O)C(CNC(=O)CCC(NC(=O)c2ccc(NCc3cnc4nc(N)[nH]c(=O)c4n3)cc2)C(=O)O)CCC(C(=O)O)NC1=O. The highest BCUT2D eigenvalue weighted by atomic mass is 16.4. The van der Waals surface area contributed by atoms with Gasteiger partial charge in [-0.15, -0.1) is 0 Å². The van der Waals surface area contributed by atoms with Crippen LogP contribution >= 0.6 is 0 Å². The second kappa shape index (κ2) is 15.4. The zero-order valence-corrected chi connectivity index (χ0v) is 25.6. The standard InChI is InChI=1S/C29H34N10O9/c1-13-23(41)36-18(27(45)46)7-4-15(25(43)34-13)10-32-20(40)9-8-19(28(47)48)37-24(42)14-2-5-16(6-3-14)31-11-17-12-33-22-21(35-17)26(44)39-29(30)38-22/h2-3,5-6,12-13,15,18-19,31H,4,7-11H2,1H3,(H,32,40)(H,34,43)(H,36,41)(H,37,42)(H,45,46)(H,47,48)(H3,30,33,38,39,44). The van der Waals surface area contributed by atoms with Gasteiger partial charge in [-0.2, -0.15) is 4.98 Å². The van der Waals surface area contributed by atoms with Crippen LogP contribution in [0.25, 0.3) is 11.2 Å². The number of carboxylic acid groups (broad SMARTS) is 2. The summed E-state index contributed by atoms with van der Waals surface area (Å²) in [4.78, 5) is 100.0. The summed E-state index contributed by atoms with van der Waals surface area (Å²) in [6.07, 6.45) is 0.905. The van der Waals surface area contributed by atoms with Gasteiger partial charge >= 0.3 is 11.9 Å². The summed E-state index contributed by atoms with van der Waals surface area (Å²) in [7, 11) is 0. The molecule has 1 fully saturated rings. The molecule has 1 aromatic carbocycles. The van der Waals surface area contributed by atoms with Gasteiger partial charge in [-0.25, -0.2) is 19.6 Å². The largest absolute Gasteiger partial charge is 0.480 e. The van der Waals surface area contributed by atoms with Crippen molar-refractivity contribution in [2.24, 2.45) is 5.92 Å². The number of nitrogens with zero attached hydrogens (tertiary/aromatic N) is 3. The van der Waals surface area contributed by atoms with Gasteiger partial charge in [0, 0.05) is 24.2 Å². The first-order valence-corrected chi connectivity index (χ1v) is 14.8. The number of hydrogen-bond donors (Lipinski definition) is 9. The van der Waals surface area contributed by atoms with Crippen molar-refractivity contribution in [2.75, 3.05) is 17.6 Å². The van der Waals surface area contributed by atoms with Gasteiger partial charge in [0.15, 0.2) is 11.2 Å². The fraction of sp³-hybridized carbons (Fsp3) is 0.379. The molecule has 4 unspecified atom stereocenters. The number of H-pyrrole nitrogens is 1. The molecule has 4 rings (SSSR count). The number of anilines is 2. The summed E-state index contributed by atoms with van der Waals surface area (Å²) in [6.45, 7) is 1.43. The molecule has 10 N–H and O–H groups in total. The van der Waals surface area contributed by atoms with Crippen LogP contribution in [0.1, 0.15) is 48.7 Å². The van der Waals surface area contributed by atoms with Crippen molar-refractivity contribution in [3.63, 3.8) is 0 Å². The van der Waals surface area contributed by atoms with Crippen LogP contribution in [0.3, 0.4) is 0 Å². The molecule has 1 aliphatic rings. The second-order valence-electron chi connectivity index (χ2n) is 11.0. The Morgan fingerprint density at radius 1 is 1.02 bits per heavy atom. The fourth-order valence-corrected chi connectivity index (χ4v) is 4.73. The molecule has 1 aliphatic heterocycles. The molecule has 0 saturated carbocycles. The molecule has 254 valence electrons. The van der Waals surface area contributed by atoms with Crippen LogP contribution in [0.4, 0.5) is 11.6 Å². The molecule has 3 aromatic rings. The predicted molar refractivity (Wildman–Crippen MR) is 167 cm³/mol. The number of aromatic nitrogens is 4. The van der Waals surface area contributed by atoms with Gasteiger partial charge < -0.3 is 42.5 Å². The summed E-state index contributed by atoms with van der Waals surface area (Å²) < 4.78 is 0.